The first-order chi connectivity index (χ1) is 10.4. The van der Waals surface area contributed by atoms with Crippen molar-refractivity contribution in [2.24, 2.45) is 0 Å². The summed E-state index contributed by atoms with van der Waals surface area (Å²) in [4.78, 5) is 0. The lowest BCUT2D eigenvalue weighted by atomic mass is 9.85. The van der Waals surface area contributed by atoms with Crippen molar-refractivity contribution in [3.05, 3.63) is 35.9 Å². The smallest absolute Gasteiger partial charge is 0.186 e. The fourth-order valence-corrected chi connectivity index (χ4v) is 2.47. The number of hydrogen-bond acceptors (Lipinski definition) is 6. The van der Waals surface area contributed by atoms with Crippen molar-refractivity contribution >= 4 is 0 Å². The molecule has 1 aromatic rings. The van der Waals surface area contributed by atoms with Crippen molar-refractivity contribution in [1.29, 1.82) is 0 Å². The van der Waals surface area contributed by atoms with Crippen LogP contribution in [0.15, 0.2) is 30.3 Å². The van der Waals surface area contributed by atoms with E-state index >= 15 is 0 Å². The Bertz CT molecular complexity index is 461. The average Bonchev–Trinajstić information content (AvgIpc) is 2.53. The molecule has 0 amide bonds. The van der Waals surface area contributed by atoms with E-state index in [1.165, 1.54) is 0 Å². The van der Waals surface area contributed by atoms with Crippen molar-refractivity contribution in [3.8, 4) is 0 Å². The van der Waals surface area contributed by atoms with E-state index in [2.05, 4.69) is 0 Å². The Hall–Kier alpha value is -1.02. The third-order valence-corrected chi connectivity index (χ3v) is 4.01. The molecule has 1 aliphatic rings. The lowest BCUT2D eigenvalue weighted by Gasteiger charge is -2.40. The largest absolute Gasteiger partial charge is 0.394 e. The molecule has 4 N–H and O–H groups in total. The Morgan fingerprint density at radius 3 is 2.27 bits per heavy atom. The van der Waals surface area contributed by atoms with Gasteiger partial charge >= 0.3 is 0 Å². The van der Waals surface area contributed by atoms with E-state index in [-0.39, 0.29) is 12.0 Å². The first kappa shape index (κ1) is 17.3. The van der Waals surface area contributed by atoms with Gasteiger partial charge < -0.3 is 29.9 Å². The topological polar surface area (TPSA) is 99.4 Å². The maximum absolute atomic E-state index is 9.95. The van der Waals surface area contributed by atoms with Crippen LogP contribution in [0.1, 0.15) is 19.4 Å². The molecule has 1 heterocycles. The molecule has 1 aromatic carbocycles. The van der Waals surface area contributed by atoms with Gasteiger partial charge in [0.05, 0.1) is 13.2 Å². The zero-order valence-electron chi connectivity index (χ0n) is 12.8. The summed E-state index contributed by atoms with van der Waals surface area (Å²) in [5.41, 5.74) is 0.750. The van der Waals surface area contributed by atoms with Crippen LogP contribution in [0, 0.1) is 0 Å². The minimum absolute atomic E-state index is 0.250. The standard InChI is InChI=1S/C16H24O6/c1-16(2,10-6-4-3-5-7-10)9-21-15-14(20)13(19)12(18)11(8-17)22-15/h3-7,11-15,17-20H,8-9H2,1-2H3/t11-,12-,13+,14-,15-/m1/s1. The van der Waals surface area contributed by atoms with Gasteiger partial charge in [0, 0.05) is 5.41 Å². The molecular weight excluding hydrogens is 288 g/mol. The Kier molecular flexibility index (Phi) is 5.55. The van der Waals surface area contributed by atoms with E-state index in [1.54, 1.807) is 0 Å². The van der Waals surface area contributed by atoms with Crippen LogP contribution in [-0.2, 0) is 14.9 Å². The van der Waals surface area contributed by atoms with E-state index in [0.717, 1.165) is 5.56 Å². The van der Waals surface area contributed by atoms with E-state index in [0.29, 0.717) is 0 Å². The maximum atomic E-state index is 9.95. The van der Waals surface area contributed by atoms with Gasteiger partial charge in [-0.25, -0.2) is 0 Å². The molecule has 1 saturated heterocycles. The van der Waals surface area contributed by atoms with Gasteiger partial charge in [-0.1, -0.05) is 44.2 Å². The maximum Gasteiger partial charge on any atom is 0.186 e. The second kappa shape index (κ2) is 7.04. The lowest BCUT2D eigenvalue weighted by Crippen LogP contribution is -2.59. The number of aliphatic hydroxyl groups is 4. The molecule has 124 valence electrons. The molecule has 0 bridgehead atoms. The summed E-state index contributed by atoms with van der Waals surface area (Å²) >= 11 is 0. The molecular formula is C16H24O6. The summed E-state index contributed by atoms with van der Waals surface area (Å²) in [5, 5.41) is 38.6. The van der Waals surface area contributed by atoms with Gasteiger partial charge in [0.1, 0.15) is 24.4 Å². The molecule has 6 heteroatoms. The van der Waals surface area contributed by atoms with Crippen molar-refractivity contribution in [1.82, 2.24) is 0 Å². The molecule has 22 heavy (non-hydrogen) atoms. The molecule has 0 unspecified atom stereocenters. The SMILES string of the molecule is CC(C)(CO[C@@H]1O[C@H](CO)[C@@H](O)[C@H](O)[C@H]1O)c1ccccc1. The monoisotopic (exact) mass is 312 g/mol. The average molecular weight is 312 g/mol. The third kappa shape index (κ3) is 3.65. The molecule has 0 radical (unpaired) electrons. The molecule has 0 saturated carbocycles. The Labute approximate surface area is 129 Å². The fourth-order valence-electron chi connectivity index (χ4n) is 2.47. The zero-order valence-corrected chi connectivity index (χ0v) is 12.8. The molecule has 6 nitrogen and oxygen atoms in total. The normalized spacial score (nSPS) is 32.9. The molecule has 2 rings (SSSR count). The highest BCUT2D eigenvalue weighted by Crippen LogP contribution is 2.27. The Morgan fingerprint density at radius 2 is 1.68 bits per heavy atom. The van der Waals surface area contributed by atoms with Gasteiger partial charge in [-0.05, 0) is 5.56 Å². The quantitative estimate of drug-likeness (QED) is 0.600. The van der Waals surface area contributed by atoms with Crippen LogP contribution in [-0.4, -0.2) is 64.3 Å². The van der Waals surface area contributed by atoms with Gasteiger partial charge in [0.2, 0.25) is 0 Å². The lowest BCUT2D eigenvalue weighted by molar-refractivity contribution is -0.303. The second-order valence-corrected chi connectivity index (χ2v) is 6.26. The third-order valence-electron chi connectivity index (χ3n) is 4.01. The highest BCUT2D eigenvalue weighted by molar-refractivity contribution is 5.23. The second-order valence-electron chi connectivity index (χ2n) is 6.26. The van der Waals surface area contributed by atoms with E-state index in [1.807, 2.05) is 44.2 Å². The molecule has 0 spiro atoms. The van der Waals surface area contributed by atoms with Gasteiger partial charge in [-0.3, -0.25) is 0 Å². The van der Waals surface area contributed by atoms with Gasteiger partial charge in [0.25, 0.3) is 0 Å². The first-order valence-corrected chi connectivity index (χ1v) is 7.34. The Morgan fingerprint density at radius 1 is 1.05 bits per heavy atom. The summed E-state index contributed by atoms with van der Waals surface area (Å²) in [6, 6.07) is 9.77. The van der Waals surface area contributed by atoms with Gasteiger partial charge in [-0.15, -0.1) is 0 Å². The Balaban J connectivity index is 2.01. The molecule has 1 fully saturated rings. The van der Waals surface area contributed by atoms with E-state index in [4.69, 9.17) is 14.6 Å². The molecule has 5 atom stereocenters. The predicted molar refractivity (Wildman–Crippen MR) is 79.2 cm³/mol. The number of aliphatic hydroxyl groups excluding tert-OH is 4. The summed E-state index contributed by atoms with van der Waals surface area (Å²) in [6.45, 7) is 3.77. The molecule has 0 aromatic heterocycles. The van der Waals surface area contributed by atoms with Crippen molar-refractivity contribution in [2.45, 2.75) is 50.0 Å². The fraction of sp³-hybridized carbons (Fsp3) is 0.625. The van der Waals surface area contributed by atoms with E-state index < -0.39 is 37.3 Å². The number of rotatable bonds is 5. The summed E-state index contributed by atoms with van der Waals surface area (Å²) in [5.74, 6) is 0. The van der Waals surface area contributed by atoms with Crippen LogP contribution in [0.4, 0.5) is 0 Å². The van der Waals surface area contributed by atoms with Gasteiger partial charge in [0.15, 0.2) is 6.29 Å². The predicted octanol–water partition coefficient (Wildman–Crippen LogP) is -0.219. The summed E-state index contributed by atoms with van der Waals surface area (Å²) in [6.07, 6.45) is -6.22. The minimum Gasteiger partial charge on any atom is -0.394 e. The number of hydrogen-bond donors (Lipinski definition) is 4. The van der Waals surface area contributed by atoms with E-state index in [9.17, 15) is 15.3 Å². The van der Waals surface area contributed by atoms with Crippen LogP contribution in [0.3, 0.4) is 0 Å². The van der Waals surface area contributed by atoms with Crippen LogP contribution in [0.5, 0.6) is 0 Å². The van der Waals surface area contributed by atoms with Gasteiger partial charge in [-0.2, -0.15) is 0 Å². The van der Waals surface area contributed by atoms with Crippen LogP contribution < -0.4 is 0 Å². The van der Waals surface area contributed by atoms with Crippen molar-refractivity contribution < 1.29 is 29.9 Å². The van der Waals surface area contributed by atoms with Crippen LogP contribution in [0.25, 0.3) is 0 Å². The van der Waals surface area contributed by atoms with Crippen LogP contribution in [0.2, 0.25) is 0 Å². The van der Waals surface area contributed by atoms with Crippen molar-refractivity contribution in [2.75, 3.05) is 13.2 Å². The number of benzene rings is 1. The molecule has 1 aliphatic heterocycles. The zero-order chi connectivity index (χ0) is 16.3. The highest BCUT2D eigenvalue weighted by atomic mass is 16.7. The summed E-state index contributed by atoms with van der Waals surface area (Å²) in [7, 11) is 0. The van der Waals surface area contributed by atoms with Crippen molar-refractivity contribution in [3.63, 3.8) is 0 Å². The molecule has 0 aliphatic carbocycles. The first-order valence-electron chi connectivity index (χ1n) is 7.34. The summed E-state index contributed by atoms with van der Waals surface area (Å²) < 4.78 is 10.9. The van der Waals surface area contributed by atoms with Crippen LogP contribution >= 0.6 is 0 Å². The number of ether oxygens (including phenoxy) is 2. The minimum atomic E-state index is -1.42. The highest BCUT2D eigenvalue weighted by Gasteiger charge is 2.44.